The summed E-state index contributed by atoms with van der Waals surface area (Å²) in [5, 5.41) is 7.75. The van der Waals surface area contributed by atoms with Crippen LogP contribution in [0.5, 0.6) is 0 Å². The van der Waals surface area contributed by atoms with Gasteiger partial charge in [0.1, 0.15) is 5.82 Å². The molecule has 1 aromatic heterocycles. The Hall–Kier alpha value is -1.39. The van der Waals surface area contributed by atoms with Crippen molar-refractivity contribution in [3.63, 3.8) is 0 Å². The number of rotatable bonds is 4. The zero-order chi connectivity index (χ0) is 12.3. The lowest BCUT2D eigenvalue weighted by Gasteiger charge is -2.05. The van der Waals surface area contributed by atoms with Gasteiger partial charge in [0.25, 0.3) is 0 Å². The van der Waals surface area contributed by atoms with Crippen molar-refractivity contribution < 1.29 is 4.39 Å². The molecule has 90 valence electrons. The van der Waals surface area contributed by atoms with E-state index in [0.29, 0.717) is 18.1 Å². The second-order valence-electron chi connectivity index (χ2n) is 3.86. The molecule has 1 aromatic carbocycles. The van der Waals surface area contributed by atoms with Crippen LogP contribution >= 0.6 is 11.6 Å². The van der Waals surface area contributed by atoms with E-state index in [-0.39, 0.29) is 5.82 Å². The van der Waals surface area contributed by atoms with Crippen LogP contribution in [0.4, 0.5) is 4.39 Å². The minimum Gasteiger partial charge on any atom is -0.308 e. The average molecular weight is 254 g/mol. The molecular weight excluding hydrogens is 241 g/mol. The number of aryl methyl sites for hydroxylation is 1. The van der Waals surface area contributed by atoms with Gasteiger partial charge in [-0.3, -0.25) is 4.68 Å². The van der Waals surface area contributed by atoms with Crippen molar-refractivity contribution >= 4 is 11.6 Å². The lowest BCUT2D eigenvalue weighted by Crippen LogP contribution is -2.12. The van der Waals surface area contributed by atoms with Crippen molar-refractivity contribution in [2.75, 3.05) is 0 Å². The van der Waals surface area contributed by atoms with E-state index in [1.54, 1.807) is 16.9 Å². The molecule has 5 heteroatoms. The molecule has 0 aliphatic carbocycles. The molecule has 0 fully saturated rings. The predicted molar refractivity (Wildman–Crippen MR) is 65.2 cm³/mol. The van der Waals surface area contributed by atoms with Gasteiger partial charge < -0.3 is 5.32 Å². The predicted octanol–water partition coefficient (Wildman–Crippen LogP) is 2.50. The van der Waals surface area contributed by atoms with Crippen molar-refractivity contribution in [1.29, 1.82) is 0 Å². The quantitative estimate of drug-likeness (QED) is 0.907. The van der Waals surface area contributed by atoms with E-state index in [1.807, 2.05) is 13.2 Å². The van der Waals surface area contributed by atoms with Crippen LogP contribution in [0.1, 0.15) is 11.1 Å². The van der Waals surface area contributed by atoms with E-state index in [2.05, 4.69) is 10.4 Å². The number of nitrogens with one attached hydrogen (secondary N) is 1. The van der Waals surface area contributed by atoms with Crippen LogP contribution in [0.2, 0.25) is 5.02 Å². The normalized spacial score (nSPS) is 10.8. The van der Waals surface area contributed by atoms with Crippen molar-refractivity contribution in [3.05, 3.63) is 52.6 Å². The summed E-state index contributed by atoms with van der Waals surface area (Å²) >= 11 is 5.92. The van der Waals surface area contributed by atoms with Gasteiger partial charge in [-0.15, -0.1) is 0 Å². The minimum atomic E-state index is -0.314. The Morgan fingerprint density at radius 2 is 2.24 bits per heavy atom. The third-order valence-electron chi connectivity index (χ3n) is 2.42. The number of nitrogens with zero attached hydrogens (tertiary/aromatic N) is 2. The molecule has 0 aliphatic rings. The fraction of sp³-hybridized carbons (Fsp3) is 0.250. The molecule has 0 saturated heterocycles. The van der Waals surface area contributed by atoms with Crippen LogP contribution in [0.3, 0.4) is 0 Å². The summed E-state index contributed by atoms with van der Waals surface area (Å²) in [5.74, 6) is -0.314. The van der Waals surface area contributed by atoms with E-state index in [1.165, 1.54) is 12.1 Å². The lowest BCUT2D eigenvalue weighted by molar-refractivity contribution is 0.625. The summed E-state index contributed by atoms with van der Waals surface area (Å²) in [6.07, 6.45) is 3.75. The van der Waals surface area contributed by atoms with Gasteiger partial charge in [-0.2, -0.15) is 5.10 Å². The first kappa shape index (κ1) is 12.1. The molecular formula is C12H13ClFN3. The second-order valence-corrected chi connectivity index (χ2v) is 4.27. The average Bonchev–Trinajstić information content (AvgIpc) is 2.68. The summed E-state index contributed by atoms with van der Waals surface area (Å²) in [6, 6.07) is 4.42. The van der Waals surface area contributed by atoms with Crippen molar-refractivity contribution in [3.8, 4) is 0 Å². The van der Waals surface area contributed by atoms with Crippen LogP contribution in [0.25, 0.3) is 0 Å². The molecule has 0 unspecified atom stereocenters. The van der Waals surface area contributed by atoms with Crippen LogP contribution < -0.4 is 5.32 Å². The Morgan fingerprint density at radius 3 is 2.88 bits per heavy atom. The molecule has 0 aliphatic heterocycles. The highest BCUT2D eigenvalue weighted by atomic mass is 35.5. The number of hydrogen-bond donors (Lipinski definition) is 1. The largest absolute Gasteiger partial charge is 0.308 e. The summed E-state index contributed by atoms with van der Waals surface area (Å²) < 4.78 is 14.6. The number of aromatic nitrogens is 2. The monoisotopic (exact) mass is 253 g/mol. The highest BCUT2D eigenvalue weighted by Gasteiger charge is 2.02. The number of benzene rings is 1. The maximum absolute atomic E-state index is 12.8. The maximum atomic E-state index is 12.8. The molecule has 0 saturated carbocycles. The van der Waals surface area contributed by atoms with Gasteiger partial charge in [-0.1, -0.05) is 17.7 Å². The first-order valence-electron chi connectivity index (χ1n) is 5.27. The zero-order valence-electron chi connectivity index (χ0n) is 9.45. The van der Waals surface area contributed by atoms with Crippen LogP contribution in [0, 0.1) is 5.82 Å². The van der Waals surface area contributed by atoms with E-state index in [4.69, 9.17) is 11.6 Å². The fourth-order valence-electron chi connectivity index (χ4n) is 1.57. The molecule has 0 atom stereocenters. The maximum Gasteiger partial charge on any atom is 0.124 e. The van der Waals surface area contributed by atoms with E-state index < -0.39 is 0 Å². The Kier molecular flexibility index (Phi) is 3.76. The lowest BCUT2D eigenvalue weighted by atomic mass is 10.2. The summed E-state index contributed by atoms with van der Waals surface area (Å²) in [6.45, 7) is 1.32. The molecule has 1 heterocycles. The van der Waals surface area contributed by atoms with Crippen LogP contribution in [-0.4, -0.2) is 9.78 Å². The van der Waals surface area contributed by atoms with E-state index in [9.17, 15) is 4.39 Å². The first-order chi connectivity index (χ1) is 8.15. The van der Waals surface area contributed by atoms with Crippen molar-refractivity contribution in [2.24, 2.45) is 7.05 Å². The number of halogens is 2. The minimum absolute atomic E-state index is 0.314. The van der Waals surface area contributed by atoms with Gasteiger partial charge in [-0.25, -0.2) is 4.39 Å². The SMILES string of the molecule is Cn1cc(CNCc2ccc(F)cc2Cl)cn1. The molecule has 0 radical (unpaired) electrons. The molecule has 2 aromatic rings. The summed E-state index contributed by atoms with van der Waals surface area (Å²) in [7, 11) is 1.88. The first-order valence-corrected chi connectivity index (χ1v) is 5.65. The van der Waals surface area contributed by atoms with Gasteiger partial charge in [0.2, 0.25) is 0 Å². The fourth-order valence-corrected chi connectivity index (χ4v) is 1.80. The molecule has 0 spiro atoms. The zero-order valence-corrected chi connectivity index (χ0v) is 10.2. The Labute approximate surface area is 104 Å². The van der Waals surface area contributed by atoms with Gasteiger partial charge in [0.15, 0.2) is 0 Å². The highest BCUT2D eigenvalue weighted by molar-refractivity contribution is 6.31. The summed E-state index contributed by atoms with van der Waals surface area (Å²) in [5.41, 5.74) is 1.99. The van der Waals surface area contributed by atoms with Crippen molar-refractivity contribution in [2.45, 2.75) is 13.1 Å². The van der Waals surface area contributed by atoms with Crippen LogP contribution in [-0.2, 0) is 20.1 Å². The Bertz CT molecular complexity index is 510. The van der Waals surface area contributed by atoms with Gasteiger partial charge >= 0.3 is 0 Å². The molecule has 1 N–H and O–H groups in total. The third kappa shape index (κ3) is 3.28. The van der Waals surface area contributed by atoms with E-state index >= 15 is 0 Å². The van der Waals surface area contributed by atoms with E-state index in [0.717, 1.165) is 11.1 Å². The second kappa shape index (κ2) is 5.29. The molecule has 2 rings (SSSR count). The molecule has 0 amide bonds. The van der Waals surface area contributed by atoms with Crippen molar-refractivity contribution in [1.82, 2.24) is 15.1 Å². The molecule has 17 heavy (non-hydrogen) atoms. The summed E-state index contributed by atoms with van der Waals surface area (Å²) in [4.78, 5) is 0. The van der Waals surface area contributed by atoms with Gasteiger partial charge in [0.05, 0.1) is 6.20 Å². The third-order valence-corrected chi connectivity index (χ3v) is 2.77. The van der Waals surface area contributed by atoms with Gasteiger partial charge in [-0.05, 0) is 17.7 Å². The Balaban J connectivity index is 1.90. The topological polar surface area (TPSA) is 29.9 Å². The molecule has 3 nitrogen and oxygen atoms in total. The number of hydrogen-bond acceptors (Lipinski definition) is 2. The standard InChI is InChI=1S/C12H13ClFN3/c1-17-8-9(6-16-17)5-15-7-10-2-3-11(14)4-12(10)13/h2-4,6,8,15H,5,7H2,1H3. The smallest absolute Gasteiger partial charge is 0.124 e. The Morgan fingerprint density at radius 1 is 1.41 bits per heavy atom. The molecule has 0 bridgehead atoms. The highest BCUT2D eigenvalue weighted by Crippen LogP contribution is 2.16. The van der Waals surface area contributed by atoms with Gasteiger partial charge in [0, 0.05) is 36.9 Å². The van der Waals surface area contributed by atoms with Crippen LogP contribution in [0.15, 0.2) is 30.6 Å².